The second kappa shape index (κ2) is 2.89. The third kappa shape index (κ3) is 3.16. The third-order valence-electron chi connectivity index (χ3n) is 0.908. The van der Waals surface area contributed by atoms with Crippen LogP contribution in [0.1, 0.15) is 20.8 Å². The Labute approximate surface area is 60.9 Å². The predicted molar refractivity (Wildman–Crippen MR) is 39.0 cm³/mol. The average Bonchev–Trinajstić information content (AvgIpc) is 1.64. The van der Waals surface area contributed by atoms with Gasteiger partial charge in [0.2, 0.25) is 0 Å². The van der Waals surface area contributed by atoms with Gasteiger partial charge in [-0.2, -0.15) is 5.26 Å². The molecule has 0 aromatic rings. The van der Waals surface area contributed by atoms with Crippen LogP contribution in [0.15, 0.2) is 11.1 Å². The van der Waals surface area contributed by atoms with Crippen LogP contribution in [0.3, 0.4) is 0 Å². The lowest BCUT2D eigenvalue weighted by Gasteiger charge is -2.15. The second-order valence-corrected chi connectivity index (χ2v) is 3.28. The number of rotatable bonds is 0. The van der Waals surface area contributed by atoms with Crippen molar-refractivity contribution in [3.63, 3.8) is 0 Å². The molecule has 0 rings (SSSR count). The first-order valence-electron chi connectivity index (χ1n) is 2.74. The monoisotopic (exact) mass is 143 g/mol. The van der Waals surface area contributed by atoms with Gasteiger partial charge in [-0.25, -0.2) is 0 Å². The fourth-order valence-corrected chi connectivity index (χ4v) is 0.322. The molecule has 2 heteroatoms. The molecule has 0 aliphatic heterocycles. The molecular weight excluding hydrogens is 134 g/mol. The summed E-state index contributed by atoms with van der Waals surface area (Å²) >= 11 is 5.70. The van der Waals surface area contributed by atoms with E-state index in [4.69, 9.17) is 16.9 Å². The van der Waals surface area contributed by atoms with Crippen LogP contribution in [-0.4, -0.2) is 0 Å². The van der Waals surface area contributed by atoms with Gasteiger partial charge in [0.1, 0.15) is 0 Å². The Morgan fingerprint density at radius 1 is 1.56 bits per heavy atom. The molecule has 0 aromatic heterocycles. The summed E-state index contributed by atoms with van der Waals surface area (Å²) in [5, 5.41) is 8.79. The molecule has 50 valence electrons. The van der Waals surface area contributed by atoms with Gasteiger partial charge in [0.25, 0.3) is 0 Å². The van der Waals surface area contributed by atoms with Gasteiger partial charge < -0.3 is 0 Å². The summed E-state index contributed by atoms with van der Waals surface area (Å²) in [6, 6.07) is 1.88. The van der Waals surface area contributed by atoms with E-state index < -0.39 is 0 Å². The van der Waals surface area contributed by atoms with E-state index in [1.54, 1.807) is 0 Å². The minimum absolute atomic E-state index is 0.0860. The molecule has 9 heavy (non-hydrogen) atoms. The average molecular weight is 144 g/mol. The molecule has 0 N–H and O–H groups in total. The maximum absolute atomic E-state index is 8.19. The van der Waals surface area contributed by atoms with Crippen LogP contribution in [0, 0.1) is 16.7 Å². The van der Waals surface area contributed by atoms with E-state index in [1.165, 1.54) is 6.08 Å². The van der Waals surface area contributed by atoms with Crippen molar-refractivity contribution in [2.45, 2.75) is 20.8 Å². The maximum Gasteiger partial charge on any atom is 0.0924 e. The van der Waals surface area contributed by atoms with E-state index >= 15 is 0 Å². The van der Waals surface area contributed by atoms with Crippen molar-refractivity contribution in [2.75, 3.05) is 0 Å². The molecule has 0 unspecified atom stereocenters. The highest BCUT2D eigenvalue weighted by molar-refractivity contribution is 6.30. The van der Waals surface area contributed by atoms with Gasteiger partial charge in [-0.3, -0.25) is 0 Å². The van der Waals surface area contributed by atoms with E-state index in [2.05, 4.69) is 0 Å². The highest BCUT2D eigenvalue weighted by Gasteiger charge is 2.13. The molecule has 0 saturated heterocycles. The second-order valence-electron chi connectivity index (χ2n) is 2.87. The van der Waals surface area contributed by atoms with E-state index in [0.29, 0.717) is 5.03 Å². The van der Waals surface area contributed by atoms with Crippen molar-refractivity contribution in [3.8, 4) is 6.07 Å². The fourth-order valence-electron chi connectivity index (χ4n) is 0.273. The summed E-state index contributed by atoms with van der Waals surface area (Å²) in [6.45, 7) is 5.88. The van der Waals surface area contributed by atoms with Gasteiger partial charge in [-0.1, -0.05) is 32.4 Å². The van der Waals surface area contributed by atoms with Crippen molar-refractivity contribution < 1.29 is 0 Å². The zero-order valence-electron chi connectivity index (χ0n) is 5.90. The Kier molecular flexibility index (Phi) is 2.73. The number of hydrogen-bond donors (Lipinski definition) is 0. The Bertz CT molecular complexity index is 157. The zero-order valence-corrected chi connectivity index (χ0v) is 6.66. The molecule has 0 heterocycles. The number of halogens is 1. The maximum atomic E-state index is 8.19. The first-order chi connectivity index (χ1) is 3.98. The first-order valence-corrected chi connectivity index (χ1v) is 3.12. The van der Waals surface area contributed by atoms with Crippen molar-refractivity contribution in [1.29, 1.82) is 5.26 Å². The lowest BCUT2D eigenvalue weighted by molar-refractivity contribution is 0.531. The van der Waals surface area contributed by atoms with Gasteiger partial charge in [-0.15, -0.1) is 0 Å². The topological polar surface area (TPSA) is 23.8 Å². The molecule has 1 nitrogen and oxygen atoms in total. The summed E-state index contributed by atoms with van der Waals surface area (Å²) in [4.78, 5) is 0. The van der Waals surface area contributed by atoms with Gasteiger partial charge in [0, 0.05) is 11.1 Å². The number of nitrogens with zero attached hydrogens (tertiary/aromatic N) is 1. The van der Waals surface area contributed by atoms with Gasteiger partial charge in [0.05, 0.1) is 6.07 Å². The summed E-state index contributed by atoms with van der Waals surface area (Å²) in [5.41, 5.74) is -0.0860. The minimum Gasteiger partial charge on any atom is -0.193 e. The normalized spacial score (nSPS) is 13.0. The number of hydrogen-bond acceptors (Lipinski definition) is 1. The molecule has 0 radical (unpaired) electrons. The van der Waals surface area contributed by atoms with Gasteiger partial charge >= 0.3 is 0 Å². The van der Waals surface area contributed by atoms with E-state index in [-0.39, 0.29) is 5.41 Å². The summed E-state index contributed by atoms with van der Waals surface area (Å²) in [5.74, 6) is 0. The van der Waals surface area contributed by atoms with E-state index in [0.717, 1.165) is 0 Å². The quantitative estimate of drug-likeness (QED) is 0.479. The molecule has 0 atom stereocenters. The molecule has 0 saturated carbocycles. The molecule has 0 amide bonds. The van der Waals surface area contributed by atoms with Crippen LogP contribution >= 0.6 is 11.6 Å². The van der Waals surface area contributed by atoms with E-state index in [1.807, 2.05) is 26.8 Å². The molecule has 0 aliphatic rings. The largest absolute Gasteiger partial charge is 0.193 e. The zero-order chi connectivity index (χ0) is 7.49. The Morgan fingerprint density at radius 3 is 2.11 bits per heavy atom. The molecule has 0 fully saturated rings. The molecule has 0 aromatic carbocycles. The smallest absolute Gasteiger partial charge is 0.0924 e. The van der Waals surface area contributed by atoms with Crippen LogP contribution in [0.4, 0.5) is 0 Å². The third-order valence-corrected chi connectivity index (χ3v) is 1.58. The van der Waals surface area contributed by atoms with Crippen LogP contribution in [0.25, 0.3) is 0 Å². The van der Waals surface area contributed by atoms with Crippen molar-refractivity contribution in [3.05, 3.63) is 11.1 Å². The summed E-state index contributed by atoms with van der Waals surface area (Å²) < 4.78 is 0. The lowest BCUT2D eigenvalue weighted by Crippen LogP contribution is -2.03. The van der Waals surface area contributed by atoms with Crippen LogP contribution in [0.2, 0.25) is 0 Å². The van der Waals surface area contributed by atoms with Crippen molar-refractivity contribution in [2.24, 2.45) is 5.41 Å². The lowest BCUT2D eigenvalue weighted by atomic mass is 9.96. The van der Waals surface area contributed by atoms with Crippen LogP contribution in [-0.2, 0) is 0 Å². The summed E-state index contributed by atoms with van der Waals surface area (Å²) in [7, 11) is 0. The Morgan fingerprint density at radius 2 is 2.00 bits per heavy atom. The van der Waals surface area contributed by atoms with Crippen molar-refractivity contribution in [1.82, 2.24) is 0 Å². The minimum atomic E-state index is -0.0860. The van der Waals surface area contributed by atoms with Crippen LogP contribution in [0.5, 0.6) is 0 Å². The summed E-state index contributed by atoms with van der Waals surface area (Å²) in [6.07, 6.45) is 1.36. The molecule has 0 aliphatic carbocycles. The first kappa shape index (κ1) is 8.52. The van der Waals surface area contributed by atoms with Crippen LogP contribution < -0.4 is 0 Å². The fraction of sp³-hybridized carbons (Fsp3) is 0.571. The van der Waals surface area contributed by atoms with Gasteiger partial charge in [-0.05, 0) is 5.41 Å². The highest BCUT2D eigenvalue weighted by atomic mass is 35.5. The highest BCUT2D eigenvalue weighted by Crippen LogP contribution is 2.27. The molecule has 0 bridgehead atoms. The van der Waals surface area contributed by atoms with Crippen molar-refractivity contribution >= 4 is 11.6 Å². The number of allylic oxidation sites excluding steroid dienone is 2. The number of nitriles is 1. The van der Waals surface area contributed by atoms with Gasteiger partial charge in [0.15, 0.2) is 0 Å². The standard InChI is InChI=1S/C7H10ClN/c1-7(2,3)6(8)4-5-9/h4H,1-3H3/b6-4+. The molecular formula is C7H10ClN. The Hall–Kier alpha value is -0.480. The SMILES string of the molecule is CC(C)(C)/C(Cl)=C\C#N. The van der Waals surface area contributed by atoms with E-state index in [9.17, 15) is 0 Å². The molecule has 0 spiro atoms. The predicted octanol–water partition coefficient (Wildman–Crippen LogP) is 2.68. The Balaban J connectivity index is 4.25.